The smallest absolute Gasteiger partial charge is 0.0716 e. The van der Waals surface area contributed by atoms with Crippen LogP contribution in [0.15, 0.2) is 30.3 Å². The number of ether oxygens (including phenoxy) is 2. The topological polar surface area (TPSA) is 18.5 Å². The molecule has 0 aromatic heterocycles. The van der Waals surface area contributed by atoms with Crippen LogP contribution in [0.2, 0.25) is 0 Å². The van der Waals surface area contributed by atoms with Crippen LogP contribution >= 0.6 is 0 Å². The maximum Gasteiger partial charge on any atom is 0.0716 e. The predicted molar refractivity (Wildman–Crippen MR) is 59.7 cm³/mol. The standard InChI is InChI=1S/C13H18O2/c1-2-5-12(6-3-1)11-14-10-8-13-7-4-9-15-13/h1-3,5-6,13H,4,7-11H2/t13-/m1/s1. The van der Waals surface area contributed by atoms with Crippen LogP contribution in [0.3, 0.4) is 0 Å². The van der Waals surface area contributed by atoms with Crippen LogP contribution in [-0.4, -0.2) is 19.3 Å². The summed E-state index contributed by atoms with van der Waals surface area (Å²) in [6, 6.07) is 10.3. The lowest BCUT2D eigenvalue weighted by atomic mass is 10.2. The Morgan fingerprint density at radius 2 is 2.13 bits per heavy atom. The maximum atomic E-state index is 5.60. The molecule has 1 aromatic rings. The monoisotopic (exact) mass is 206 g/mol. The van der Waals surface area contributed by atoms with E-state index in [9.17, 15) is 0 Å². The number of benzene rings is 1. The lowest BCUT2D eigenvalue weighted by Gasteiger charge is -2.09. The fourth-order valence-corrected chi connectivity index (χ4v) is 1.85. The summed E-state index contributed by atoms with van der Waals surface area (Å²) in [6.45, 7) is 2.45. The molecule has 15 heavy (non-hydrogen) atoms. The van der Waals surface area contributed by atoms with Crippen LogP contribution in [0.25, 0.3) is 0 Å². The van der Waals surface area contributed by atoms with E-state index in [1.54, 1.807) is 0 Å². The third-order valence-electron chi connectivity index (χ3n) is 2.72. The fourth-order valence-electron chi connectivity index (χ4n) is 1.85. The Hall–Kier alpha value is -0.860. The molecule has 0 radical (unpaired) electrons. The second-order valence-electron chi connectivity index (χ2n) is 3.96. The van der Waals surface area contributed by atoms with Gasteiger partial charge in [-0.05, 0) is 24.8 Å². The van der Waals surface area contributed by atoms with Gasteiger partial charge >= 0.3 is 0 Å². The van der Waals surface area contributed by atoms with E-state index < -0.39 is 0 Å². The molecule has 1 saturated heterocycles. The molecule has 0 unspecified atom stereocenters. The molecule has 1 aliphatic rings. The van der Waals surface area contributed by atoms with Gasteiger partial charge in [0.05, 0.1) is 12.7 Å². The lowest BCUT2D eigenvalue weighted by molar-refractivity contribution is 0.0537. The van der Waals surface area contributed by atoms with E-state index >= 15 is 0 Å². The van der Waals surface area contributed by atoms with Crippen molar-refractivity contribution in [3.05, 3.63) is 35.9 Å². The molecule has 1 heterocycles. The van der Waals surface area contributed by atoms with Gasteiger partial charge in [0.1, 0.15) is 0 Å². The number of hydrogen-bond acceptors (Lipinski definition) is 2. The van der Waals surface area contributed by atoms with E-state index in [-0.39, 0.29) is 0 Å². The minimum atomic E-state index is 0.445. The van der Waals surface area contributed by atoms with Gasteiger partial charge in [0.15, 0.2) is 0 Å². The first-order valence-corrected chi connectivity index (χ1v) is 5.68. The maximum absolute atomic E-state index is 5.60. The molecule has 0 aliphatic carbocycles. The van der Waals surface area contributed by atoms with Crippen LogP contribution in [0.4, 0.5) is 0 Å². The van der Waals surface area contributed by atoms with Crippen LogP contribution in [0, 0.1) is 0 Å². The second-order valence-corrected chi connectivity index (χ2v) is 3.96. The zero-order chi connectivity index (χ0) is 10.3. The number of hydrogen-bond donors (Lipinski definition) is 0. The average molecular weight is 206 g/mol. The van der Waals surface area contributed by atoms with Gasteiger partial charge in [-0.3, -0.25) is 0 Å². The minimum Gasteiger partial charge on any atom is -0.378 e. The summed E-state index contributed by atoms with van der Waals surface area (Å²) < 4.78 is 11.1. The summed E-state index contributed by atoms with van der Waals surface area (Å²) in [4.78, 5) is 0. The Morgan fingerprint density at radius 1 is 1.27 bits per heavy atom. The quantitative estimate of drug-likeness (QED) is 0.690. The van der Waals surface area contributed by atoms with Gasteiger partial charge in [0.2, 0.25) is 0 Å². The normalized spacial score (nSPS) is 20.7. The highest BCUT2D eigenvalue weighted by atomic mass is 16.5. The van der Waals surface area contributed by atoms with E-state index in [0.29, 0.717) is 12.7 Å². The summed E-state index contributed by atoms with van der Waals surface area (Å²) in [7, 11) is 0. The summed E-state index contributed by atoms with van der Waals surface area (Å²) in [5, 5.41) is 0. The molecule has 82 valence electrons. The average Bonchev–Trinajstić information content (AvgIpc) is 2.79. The summed E-state index contributed by atoms with van der Waals surface area (Å²) in [5.74, 6) is 0. The molecule has 1 aliphatic heterocycles. The van der Waals surface area contributed by atoms with E-state index in [4.69, 9.17) is 9.47 Å². The minimum absolute atomic E-state index is 0.445. The van der Waals surface area contributed by atoms with Crippen LogP contribution in [0.5, 0.6) is 0 Å². The molecule has 2 heteroatoms. The van der Waals surface area contributed by atoms with E-state index in [1.807, 2.05) is 18.2 Å². The zero-order valence-electron chi connectivity index (χ0n) is 9.02. The Morgan fingerprint density at radius 3 is 2.87 bits per heavy atom. The van der Waals surface area contributed by atoms with Gasteiger partial charge in [-0.25, -0.2) is 0 Å². The molecule has 1 atom stereocenters. The van der Waals surface area contributed by atoms with Crippen molar-refractivity contribution >= 4 is 0 Å². The zero-order valence-corrected chi connectivity index (χ0v) is 9.02. The van der Waals surface area contributed by atoms with E-state index in [0.717, 1.165) is 19.6 Å². The highest BCUT2D eigenvalue weighted by Crippen LogP contribution is 2.15. The molecular formula is C13H18O2. The van der Waals surface area contributed by atoms with E-state index in [2.05, 4.69) is 12.1 Å². The first-order chi connectivity index (χ1) is 7.45. The Kier molecular flexibility index (Phi) is 4.18. The predicted octanol–water partition coefficient (Wildman–Crippen LogP) is 2.77. The number of rotatable bonds is 5. The highest BCUT2D eigenvalue weighted by Gasteiger charge is 2.14. The Labute approximate surface area is 91.2 Å². The van der Waals surface area contributed by atoms with Gasteiger partial charge < -0.3 is 9.47 Å². The molecule has 0 spiro atoms. The van der Waals surface area contributed by atoms with Crippen molar-refractivity contribution in [1.29, 1.82) is 0 Å². The van der Waals surface area contributed by atoms with Crippen molar-refractivity contribution in [2.75, 3.05) is 13.2 Å². The largest absolute Gasteiger partial charge is 0.378 e. The van der Waals surface area contributed by atoms with Gasteiger partial charge in [-0.15, -0.1) is 0 Å². The third-order valence-corrected chi connectivity index (χ3v) is 2.72. The molecule has 2 rings (SSSR count). The highest BCUT2D eigenvalue weighted by molar-refractivity contribution is 5.13. The fraction of sp³-hybridized carbons (Fsp3) is 0.538. The van der Waals surface area contributed by atoms with Gasteiger partial charge in [0.25, 0.3) is 0 Å². The van der Waals surface area contributed by atoms with Crippen molar-refractivity contribution in [3.8, 4) is 0 Å². The molecule has 1 aromatic carbocycles. The molecule has 2 nitrogen and oxygen atoms in total. The van der Waals surface area contributed by atoms with Crippen LogP contribution in [0.1, 0.15) is 24.8 Å². The lowest BCUT2D eigenvalue weighted by Crippen LogP contribution is -2.09. The molecule has 1 fully saturated rings. The van der Waals surface area contributed by atoms with Gasteiger partial charge in [-0.2, -0.15) is 0 Å². The molecular weight excluding hydrogens is 188 g/mol. The Balaban J connectivity index is 1.59. The molecule has 0 saturated carbocycles. The molecule has 0 bridgehead atoms. The third kappa shape index (κ3) is 3.65. The van der Waals surface area contributed by atoms with E-state index in [1.165, 1.54) is 18.4 Å². The van der Waals surface area contributed by atoms with Crippen LogP contribution < -0.4 is 0 Å². The SMILES string of the molecule is c1ccc(COCC[C@H]2CCCO2)cc1. The van der Waals surface area contributed by atoms with Gasteiger partial charge in [0, 0.05) is 13.2 Å². The Bertz CT molecular complexity index is 265. The molecule has 0 amide bonds. The summed E-state index contributed by atoms with van der Waals surface area (Å²) in [6.07, 6.45) is 3.89. The van der Waals surface area contributed by atoms with Crippen LogP contribution in [-0.2, 0) is 16.1 Å². The van der Waals surface area contributed by atoms with Crippen molar-refractivity contribution in [2.45, 2.75) is 32.0 Å². The summed E-state index contributed by atoms with van der Waals surface area (Å²) in [5.41, 5.74) is 1.24. The van der Waals surface area contributed by atoms with Crippen molar-refractivity contribution in [1.82, 2.24) is 0 Å². The first-order valence-electron chi connectivity index (χ1n) is 5.68. The summed E-state index contributed by atoms with van der Waals surface area (Å²) >= 11 is 0. The first kappa shape index (κ1) is 10.7. The molecule has 0 N–H and O–H groups in total. The van der Waals surface area contributed by atoms with Gasteiger partial charge in [-0.1, -0.05) is 30.3 Å². The van der Waals surface area contributed by atoms with Crippen molar-refractivity contribution in [2.24, 2.45) is 0 Å². The van der Waals surface area contributed by atoms with Crippen molar-refractivity contribution in [3.63, 3.8) is 0 Å². The second kappa shape index (κ2) is 5.89. The van der Waals surface area contributed by atoms with Crippen molar-refractivity contribution < 1.29 is 9.47 Å².